The minimum atomic E-state index is -4.35. The second-order valence-corrected chi connectivity index (χ2v) is 3.82. The molecule has 0 aliphatic carbocycles. The summed E-state index contributed by atoms with van der Waals surface area (Å²) >= 11 is 0. The largest absolute Gasteiger partial charge is 0.406 e. The molecule has 0 aliphatic heterocycles. The van der Waals surface area contributed by atoms with Gasteiger partial charge in [-0.1, -0.05) is 0 Å². The topological polar surface area (TPSA) is 84.7 Å². The van der Waals surface area contributed by atoms with Crippen LogP contribution in [0.15, 0.2) is 12.7 Å². The summed E-state index contributed by atoms with van der Waals surface area (Å²) in [6, 6.07) is 0. The molecule has 2 aromatic rings. The maximum atomic E-state index is 12.4. The molecule has 11 heteroatoms. The molecule has 0 aromatic carbocycles. The van der Waals surface area contributed by atoms with Gasteiger partial charge in [0.15, 0.2) is 0 Å². The fraction of sp³-hybridized carbons (Fsp3) is 0.444. The van der Waals surface area contributed by atoms with Gasteiger partial charge in [-0.15, -0.1) is 0 Å². The lowest BCUT2D eigenvalue weighted by Crippen LogP contribution is -2.32. The molecule has 20 heavy (non-hydrogen) atoms. The molecular formula is C9H11F3N8. The van der Waals surface area contributed by atoms with Crippen LogP contribution in [0.4, 0.5) is 25.1 Å². The number of nitrogens with zero attached hydrogens (tertiary/aromatic N) is 7. The first kappa shape index (κ1) is 14.0. The van der Waals surface area contributed by atoms with Crippen LogP contribution in [0.3, 0.4) is 0 Å². The lowest BCUT2D eigenvalue weighted by Gasteiger charge is -2.19. The molecule has 2 rings (SSSR count). The Morgan fingerprint density at radius 1 is 1.30 bits per heavy atom. The molecule has 0 atom stereocenters. The highest BCUT2D eigenvalue weighted by atomic mass is 19.4. The number of aromatic nitrogens is 6. The van der Waals surface area contributed by atoms with Crippen LogP contribution in [0.1, 0.15) is 0 Å². The SMILES string of the molecule is CNc1nc(N(C)CC(F)(F)F)nc(-n2cncn2)n1. The molecule has 0 unspecified atom stereocenters. The van der Waals surface area contributed by atoms with Crippen molar-refractivity contribution in [1.29, 1.82) is 0 Å². The standard InChI is InChI=1S/C9H11F3N8/c1-13-6-16-7(19(2)3-9(10,11)12)18-8(17-6)20-5-14-4-15-20/h4-5H,3H2,1-2H3,(H,13,16,17,18). The molecule has 0 saturated carbocycles. The van der Waals surface area contributed by atoms with Crippen molar-refractivity contribution in [2.24, 2.45) is 0 Å². The summed E-state index contributed by atoms with van der Waals surface area (Å²) in [6.07, 6.45) is -1.75. The fourth-order valence-electron chi connectivity index (χ4n) is 1.39. The highest BCUT2D eigenvalue weighted by Crippen LogP contribution is 2.19. The molecule has 2 heterocycles. The number of hydrogen-bond donors (Lipinski definition) is 1. The van der Waals surface area contributed by atoms with E-state index in [-0.39, 0.29) is 17.8 Å². The summed E-state index contributed by atoms with van der Waals surface area (Å²) in [6.45, 7) is -1.17. The predicted octanol–water partition coefficient (Wildman–Crippen LogP) is 0.492. The predicted molar refractivity (Wildman–Crippen MR) is 63.6 cm³/mol. The number of hydrogen-bond acceptors (Lipinski definition) is 7. The Labute approximate surface area is 111 Å². The van der Waals surface area contributed by atoms with Crippen molar-refractivity contribution in [1.82, 2.24) is 29.7 Å². The molecule has 1 N–H and O–H groups in total. The van der Waals surface area contributed by atoms with E-state index in [1.54, 1.807) is 7.05 Å². The zero-order valence-electron chi connectivity index (χ0n) is 10.6. The van der Waals surface area contributed by atoms with Gasteiger partial charge in [-0.25, -0.2) is 4.98 Å². The summed E-state index contributed by atoms with van der Waals surface area (Å²) in [5.41, 5.74) is 0. The van der Waals surface area contributed by atoms with Crippen LogP contribution >= 0.6 is 0 Å². The number of rotatable bonds is 4. The van der Waals surface area contributed by atoms with Gasteiger partial charge in [-0.2, -0.15) is 37.9 Å². The van der Waals surface area contributed by atoms with E-state index in [0.29, 0.717) is 0 Å². The first-order valence-corrected chi connectivity index (χ1v) is 5.46. The molecule has 0 spiro atoms. The van der Waals surface area contributed by atoms with E-state index in [1.807, 2.05) is 0 Å². The van der Waals surface area contributed by atoms with Crippen LogP contribution in [-0.2, 0) is 0 Å². The number of alkyl halides is 3. The van der Waals surface area contributed by atoms with Crippen molar-refractivity contribution in [3.8, 4) is 5.95 Å². The van der Waals surface area contributed by atoms with Crippen LogP contribution < -0.4 is 10.2 Å². The normalized spacial score (nSPS) is 11.4. The van der Waals surface area contributed by atoms with E-state index >= 15 is 0 Å². The van der Waals surface area contributed by atoms with Gasteiger partial charge in [0.05, 0.1) is 0 Å². The van der Waals surface area contributed by atoms with Gasteiger partial charge >= 0.3 is 6.18 Å². The summed E-state index contributed by atoms with van der Waals surface area (Å²) in [7, 11) is 2.79. The van der Waals surface area contributed by atoms with E-state index in [0.717, 1.165) is 4.90 Å². The Balaban J connectivity index is 2.36. The molecule has 0 fully saturated rings. The average Bonchev–Trinajstić information content (AvgIpc) is 2.90. The minimum absolute atomic E-state index is 0.0749. The van der Waals surface area contributed by atoms with Crippen LogP contribution in [0.2, 0.25) is 0 Å². The zero-order chi connectivity index (χ0) is 14.8. The average molecular weight is 288 g/mol. The van der Waals surface area contributed by atoms with E-state index in [2.05, 4.69) is 30.4 Å². The lowest BCUT2D eigenvalue weighted by atomic mass is 10.5. The first-order chi connectivity index (χ1) is 9.39. The Morgan fingerprint density at radius 3 is 2.60 bits per heavy atom. The zero-order valence-corrected chi connectivity index (χ0v) is 10.6. The first-order valence-electron chi connectivity index (χ1n) is 5.46. The van der Waals surface area contributed by atoms with Crippen molar-refractivity contribution in [3.05, 3.63) is 12.7 Å². The highest BCUT2D eigenvalue weighted by Gasteiger charge is 2.30. The van der Waals surface area contributed by atoms with Crippen LogP contribution in [0.25, 0.3) is 5.95 Å². The lowest BCUT2D eigenvalue weighted by molar-refractivity contribution is -0.119. The number of halogens is 3. The maximum absolute atomic E-state index is 12.4. The second kappa shape index (κ2) is 5.27. The fourth-order valence-corrected chi connectivity index (χ4v) is 1.39. The van der Waals surface area contributed by atoms with Crippen LogP contribution in [-0.4, -0.2) is 56.5 Å². The molecule has 0 radical (unpaired) electrons. The van der Waals surface area contributed by atoms with Gasteiger partial charge < -0.3 is 10.2 Å². The van der Waals surface area contributed by atoms with Crippen molar-refractivity contribution in [2.45, 2.75) is 6.18 Å². The van der Waals surface area contributed by atoms with E-state index < -0.39 is 12.7 Å². The van der Waals surface area contributed by atoms with Gasteiger partial charge in [0.25, 0.3) is 5.95 Å². The third kappa shape index (κ3) is 3.30. The van der Waals surface area contributed by atoms with Gasteiger partial charge in [0.1, 0.15) is 19.2 Å². The maximum Gasteiger partial charge on any atom is 0.406 e. The van der Waals surface area contributed by atoms with Crippen molar-refractivity contribution in [2.75, 3.05) is 30.9 Å². The van der Waals surface area contributed by atoms with E-state index in [1.165, 1.54) is 24.4 Å². The van der Waals surface area contributed by atoms with Gasteiger partial charge in [0, 0.05) is 14.1 Å². The van der Waals surface area contributed by atoms with Crippen molar-refractivity contribution >= 4 is 11.9 Å². The molecule has 0 bridgehead atoms. The number of anilines is 2. The monoisotopic (exact) mass is 288 g/mol. The summed E-state index contributed by atoms with van der Waals surface area (Å²) < 4.78 is 38.4. The molecule has 0 aliphatic rings. The highest BCUT2D eigenvalue weighted by molar-refractivity contribution is 5.39. The van der Waals surface area contributed by atoms with Gasteiger partial charge in [0.2, 0.25) is 11.9 Å². The molecule has 8 nitrogen and oxygen atoms in total. The Bertz CT molecular complexity index is 567. The third-order valence-corrected chi connectivity index (χ3v) is 2.22. The van der Waals surface area contributed by atoms with Crippen molar-refractivity contribution in [3.63, 3.8) is 0 Å². The van der Waals surface area contributed by atoms with Crippen LogP contribution in [0, 0.1) is 0 Å². The molecule has 0 saturated heterocycles. The summed E-state index contributed by atoms with van der Waals surface area (Å²) in [5, 5.41) is 6.48. The molecular weight excluding hydrogens is 277 g/mol. The van der Waals surface area contributed by atoms with Crippen molar-refractivity contribution < 1.29 is 13.2 Å². The Kier molecular flexibility index (Phi) is 3.68. The van der Waals surface area contributed by atoms with E-state index in [9.17, 15) is 13.2 Å². The molecule has 0 amide bonds. The summed E-state index contributed by atoms with van der Waals surface area (Å²) in [4.78, 5) is 16.4. The molecule has 108 valence electrons. The van der Waals surface area contributed by atoms with Crippen LogP contribution in [0.5, 0.6) is 0 Å². The number of nitrogens with one attached hydrogen (secondary N) is 1. The Hall–Kier alpha value is -2.46. The van der Waals surface area contributed by atoms with Gasteiger partial charge in [-0.05, 0) is 0 Å². The summed E-state index contributed by atoms with van der Waals surface area (Å²) in [5.74, 6) is 0.0903. The minimum Gasteiger partial charge on any atom is -0.357 e. The second-order valence-electron chi connectivity index (χ2n) is 3.82. The molecule has 2 aromatic heterocycles. The smallest absolute Gasteiger partial charge is 0.357 e. The van der Waals surface area contributed by atoms with E-state index in [4.69, 9.17) is 0 Å². The van der Waals surface area contributed by atoms with Gasteiger partial charge in [-0.3, -0.25) is 0 Å². The third-order valence-electron chi connectivity index (χ3n) is 2.22. The quantitative estimate of drug-likeness (QED) is 0.876. The Morgan fingerprint density at radius 2 is 2.05 bits per heavy atom.